The van der Waals surface area contributed by atoms with Gasteiger partial charge < -0.3 is 49.2 Å². The predicted molar refractivity (Wildman–Crippen MR) is 124 cm³/mol. The third-order valence-electron chi connectivity index (χ3n) is 5.76. The SMILES string of the molecule is COc1cc([C@H]2Oc3cc(O)cc(OC)c3C[C@H]2OC(=O)c2cc(O)c(O)c(O)c2)cc(OC)c1O. The van der Waals surface area contributed by atoms with E-state index in [2.05, 4.69) is 0 Å². The van der Waals surface area contributed by atoms with E-state index in [1.165, 1.54) is 45.6 Å². The summed E-state index contributed by atoms with van der Waals surface area (Å²) in [4.78, 5) is 13.0. The summed E-state index contributed by atoms with van der Waals surface area (Å²) >= 11 is 0. The minimum atomic E-state index is -0.986. The van der Waals surface area contributed by atoms with E-state index in [0.29, 0.717) is 16.9 Å². The van der Waals surface area contributed by atoms with Crippen LogP contribution in [0.1, 0.15) is 27.6 Å². The molecule has 0 spiro atoms. The standard InChI is InChI=1S/C25H24O11/c1-32-17-8-13(26)9-18-14(17)10-21(36-25(31)12-4-15(27)22(29)16(28)5-12)24(35-18)11-6-19(33-2)23(30)20(7-11)34-3/h4-9,21,24,26-30H,10H2,1-3H3/t21-,24-/m1/s1. The van der Waals surface area contributed by atoms with Crippen LogP contribution in [0.25, 0.3) is 0 Å². The molecule has 0 radical (unpaired) electrons. The van der Waals surface area contributed by atoms with Gasteiger partial charge in [-0.15, -0.1) is 0 Å². The molecule has 4 rings (SSSR count). The summed E-state index contributed by atoms with van der Waals surface area (Å²) in [5, 5.41) is 49.6. The molecule has 0 aromatic heterocycles. The van der Waals surface area contributed by atoms with Crippen molar-refractivity contribution in [2.45, 2.75) is 18.6 Å². The Kier molecular flexibility index (Phi) is 6.47. The van der Waals surface area contributed by atoms with Gasteiger partial charge >= 0.3 is 5.97 Å². The van der Waals surface area contributed by atoms with Gasteiger partial charge in [-0.2, -0.15) is 0 Å². The fourth-order valence-corrected chi connectivity index (χ4v) is 4.01. The van der Waals surface area contributed by atoms with E-state index >= 15 is 0 Å². The third kappa shape index (κ3) is 4.38. The molecular formula is C25H24O11. The molecule has 190 valence electrons. The lowest BCUT2D eigenvalue weighted by atomic mass is 9.93. The first-order valence-corrected chi connectivity index (χ1v) is 10.6. The highest BCUT2D eigenvalue weighted by Crippen LogP contribution is 2.46. The summed E-state index contributed by atoms with van der Waals surface area (Å²) in [7, 11) is 4.14. The fraction of sp³-hybridized carbons (Fsp3) is 0.240. The molecule has 1 aliphatic heterocycles. The highest BCUT2D eigenvalue weighted by Gasteiger charge is 2.37. The van der Waals surface area contributed by atoms with Crippen molar-refractivity contribution < 1.29 is 54.0 Å². The van der Waals surface area contributed by atoms with Gasteiger partial charge in [0.1, 0.15) is 23.4 Å². The van der Waals surface area contributed by atoms with Crippen molar-refractivity contribution in [2.24, 2.45) is 0 Å². The van der Waals surface area contributed by atoms with Crippen molar-refractivity contribution >= 4 is 5.97 Å². The van der Waals surface area contributed by atoms with Crippen LogP contribution in [0.2, 0.25) is 0 Å². The van der Waals surface area contributed by atoms with Gasteiger partial charge in [-0.3, -0.25) is 0 Å². The van der Waals surface area contributed by atoms with Gasteiger partial charge in [0, 0.05) is 29.7 Å². The van der Waals surface area contributed by atoms with Crippen LogP contribution in [-0.4, -0.2) is 58.9 Å². The molecule has 2 atom stereocenters. The Morgan fingerprint density at radius 2 is 1.39 bits per heavy atom. The number of ether oxygens (including phenoxy) is 5. The average Bonchev–Trinajstić information content (AvgIpc) is 2.86. The van der Waals surface area contributed by atoms with E-state index < -0.39 is 35.4 Å². The summed E-state index contributed by atoms with van der Waals surface area (Å²) in [6.45, 7) is 0. The Balaban J connectivity index is 1.79. The zero-order valence-corrected chi connectivity index (χ0v) is 19.5. The van der Waals surface area contributed by atoms with Crippen LogP contribution < -0.4 is 18.9 Å². The van der Waals surface area contributed by atoms with E-state index in [1.54, 1.807) is 0 Å². The molecule has 0 saturated carbocycles. The number of esters is 1. The van der Waals surface area contributed by atoms with Gasteiger partial charge in [0.25, 0.3) is 0 Å². The quantitative estimate of drug-likeness (QED) is 0.249. The van der Waals surface area contributed by atoms with E-state index in [1.807, 2.05) is 0 Å². The number of methoxy groups -OCH3 is 3. The van der Waals surface area contributed by atoms with Gasteiger partial charge in [0.05, 0.1) is 26.9 Å². The molecule has 0 unspecified atom stereocenters. The molecule has 0 aliphatic carbocycles. The molecule has 3 aromatic rings. The smallest absolute Gasteiger partial charge is 0.338 e. The molecule has 0 amide bonds. The zero-order valence-electron chi connectivity index (χ0n) is 19.5. The summed E-state index contributed by atoms with van der Waals surface area (Å²) in [5.41, 5.74) is 0.730. The Hall–Kier alpha value is -4.67. The summed E-state index contributed by atoms with van der Waals surface area (Å²) < 4.78 is 27.7. The van der Waals surface area contributed by atoms with Crippen molar-refractivity contribution in [2.75, 3.05) is 21.3 Å². The number of phenols is 5. The van der Waals surface area contributed by atoms with Crippen LogP contribution in [0.4, 0.5) is 0 Å². The van der Waals surface area contributed by atoms with Crippen LogP contribution in [0.3, 0.4) is 0 Å². The maximum Gasteiger partial charge on any atom is 0.338 e. The molecule has 11 heteroatoms. The molecule has 0 bridgehead atoms. The van der Waals surface area contributed by atoms with E-state index in [9.17, 15) is 30.3 Å². The van der Waals surface area contributed by atoms with E-state index in [0.717, 1.165) is 12.1 Å². The van der Waals surface area contributed by atoms with Crippen molar-refractivity contribution in [3.63, 3.8) is 0 Å². The number of benzene rings is 3. The molecule has 1 aliphatic rings. The fourth-order valence-electron chi connectivity index (χ4n) is 4.01. The molecule has 3 aromatic carbocycles. The highest BCUT2D eigenvalue weighted by atomic mass is 16.6. The summed E-state index contributed by atoms with van der Waals surface area (Å²) in [6.07, 6.45) is -1.85. The maximum absolute atomic E-state index is 13.0. The molecular weight excluding hydrogens is 476 g/mol. The molecule has 1 heterocycles. The molecule has 0 fully saturated rings. The lowest BCUT2D eigenvalue weighted by Crippen LogP contribution is -2.35. The van der Waals surface area contributed by atoms with Gasteiger partial charge in [0.15, 0.2) is 34.9 Å². The maximum atomic E-state index is 13.0. The topological polar surface area (TPSA) is 164 Å². The van der Waals surface area contributed by atoms with Gasteiger partial charge in [0.2, 0.25) is 5.75 Å². The number of rotatable bonds is 6. The Morgan fingerprint density at radius 1 is 0.806 bits per heavy atom. The number of phenolic OH excluding ortho intramolecular Hbond substituents is 5. The number of carbonyl (C=O) groups is 1. The second-order valence-electron chi connectivity index (χ2n) is 7.95. The first-order valence-electron chi connectivity index (χ1n) is 10.6. The Bertz CT molecular complexity index is 1270. The highest BCUT2D eigenvalue weighted by molar-refractivity contribution is 5.91. The van der Waals surface area contributed by atoms with Crippen LogP contribution in [-0.2, 0) is 11.2 Å². The first-order chi connectivity index (χ1) is 17.2. The van der Waals surface area contributed by atoms with Crippen molar-refractivity contribution in [1.29, 1.82) is 0 Å². The third-order valence-corrected chi connectivity index (χ3v) is 5.76. The van der Waals surface area contributed by atoms with Crippen molar-refractivity contribution in [3.8, 4) is 51.7 Å². The predicted octanol–water partition coefficient (Wildman–Crippen LogP) is 3.14. The molecule has 0 saturated heterocycles. The largest absolute Gasteiger partial charge is 0.508 e. The summed E-state index contributed by atoms with van der Waals surface area (Å²) in [5.74, 6) is -2.65. The second-order valence-corrected chi connectivity index (χ2v) is 7.95. The van der Waals surface area contributed by atoms with E-state index in [4.69, 9.17) is 23.7 Å². The van der Waals surface area contributed by atoms with Gasteiger partial charge in [-0.25, -0.2) is 4.79 Å². The minimum absolute atomic E-state index is 0.0886. The monoisotopic (exact) mass is 500 g/mol. The van der Waals surface area contributed by atoms with Gasteiger partial charge in [-0.1, -0.05) is 0 Å². The van der Waals surface area contributed by atoms with Crippen molar-refractivity contribution in [3.05, 3.63) is 53.1 Å². The number of hydrogen-bond donors (Lipinski definition) is 5. The molecule has 5 N–H and O–H groups in total. The molecule has 11 nitrogen and oxygen atoms in total. The number of fused-ring (bicyclic) bond motifs is 1. The second kappa shape index (κ2) is 9.53. The minimum Gasteiger partial charge on any atom is -0.508 e. The first kappa shape index (κ1) is 24.5. The van der Waals surface area contributed by atoms with Crippen LogP contribution in [0, 0.1) is 0 Å². The van der Waals surface area contributed by atoms with Crippen molar-refractivity contribution in [1.82, 2.24) is 0 Å². The molecule has 36 heavy (non-hydrogen) atoms. The van der Waals surface area contributed by atoms with Crippen LogP contribution in [0.15, 0.2) is 36.4 Å². The van der Waals surface area contributed by atoms with Gasteiger partial charge in [-0.05, 0) is 24.3 Å². The van der Waals surface area contributed by atoms with Crippen LogP contribution >= 0.6 is 0 Å². The lowest BCUT2D eigenvalue weighted by molar-refractivity contribution is -0.0189. The van der Waals surface area contributed by atoms with Crippen LogP contribution in [0.5, 0.6) is 51.7 Å². The number of aromatic hydroxyl groups is 5. The van der Waals surface area contributed by atoms with E-state index in [-0.39, 0.29) is 40.7 Å². The Morgan fingerprint density at radius 3 is 1.94 bits per heavy atom. The summed E-state index contributed by atoms with van der Waals surface area (Å²) in [6, 6.07) is 7.68. The average molecular weight is 500 g/mol. The number of hydrogen-bond acceptors (Lipinski definition) is 11. The normalized spacial score (nSPS) is 16.4. The zero-order chi connectivity index (χ0) is 26.1. The Labute approximate surface area is 205 Å². The lowest BCUT2D eigenvalue weighted by Gasteiger charge is -2.34. The number of carbonyl (C=O) groups excluding carboxylic acids is 1.